The second-order valence-corrected chi connectivity index (χ2v) is 5.09. The lowest BCUT2D eigenvalue weighted by Gasteiger charge is -2.13. The second-order valence-electron chi connectivity index (χ2n) is 4.27. The summed E-state index contributed by atoms with van der Waals surface area (Å²) in [6.45, 7) is 1.80. The maximum atomic E-state index is 13.3. The second kappa shape index (κ2) is 9.22. The zero-order chi connectivity index (χ0) is 17.4. The van der Waals surface area contributed by atoms with Gasteiger partial charge in [0.2, 0.25) is 0 Å². The first kappa shape index (κ1) is 19.1. The number of hydrogen-bond donors (Lipinski definition) is 3. The maximum absolute atomic E-state index is 13.3. The van der Waals surface area contributed by atoms with Gasteiger partial charge >= 0.3 is 11.9 Å². The average Bonchev–Trinajstić information content (AvgIpc) is 2.47. The molecule has 126 valence electrons. The Balaban J connectivity index is 2.80. The number of hydrazine groups is 1. The van der Waals surface area contributed by atoms with Gasteiger partial charge in [0.05, 0.1) is 22.3 Å². The smallest absolute Gasteiger partial charge is 0.355 e. The lowest BCUT2D eigenvalue weighted by Crippen LogP contribution is -2.27. The monoisotopic (exact) mass is 364 g/mol. The van der Waals surface area contributed by atoms with Crippen LogP contribution in [0, 0.1) is 5.82 Å². The lowest BCUT2D eigenvalue weighted by atomic mass is 10.2. The van der Waals surface area contributed by atoms with E-state index >= 15 is 0 Å². The van der Waals surface area contributed by atoms with Gasteiger partial charge < -0.3 is 15.3 Å². The van der Waals surface area contributed by atoms with E-state index in [9.17, 15) is 14.0 Å². The third kappa shape index (κ3) is 6.33. The highest BCUT2D eigenvalue weighted by atomic mass is 35.5. The maximum Gasteiger partial charge on any atom is 0.355 e. The summed E-state index contributed by atoms with van der Waals surface area (Å²) in [7, 11) is 0. The minimum atomic E-state index is -0.991. The SMILES string of the molecule is CCOC(=O)/C(=C\CCC(=O)O)NNc1cc(Cl)c(F)c(Cl)c1. The molecule has 0 fully saturated rings. The van der Waals surface area contributed by atoms with Crippen LogP contribution in [0.15, 0.2) is 23.9 Å². The summed E-state index contributed by atoms with van der Waals surface area (Å²) in [5.74, 6) is -2.40. The Morgan fingerprint density at radius 2 is 1.96 bits per heavy atom. The van der Waals surface area contributed by atoms with Gasteiger partial charge in [0, 0.05) is 6.42 Å². The number of halogens is 3. The molecule has 0 radical (unpaired) electrons. The predicted octanol–water partition coefficient (Wildman–Crippen LogP) is 3.36. The number of carboxylic acid groups (broad SMARTS) is 1. The summed E-state index contributed by atoms with van der Waals surface area (Å²) in [4.78, 5) is 22.3. The van der Waals surface area contributed by atoms with Crippen LogP contribution in [0.1, 0.15) is 19.8 Å². The molecule has 0 amide bonds. The van der Waals surface area contributed by atoms with E-state index in [0.717, 1.165) is 0 Å². The fraction of sp³-hybridized carbons (Fsp3) is 0.286. The number of allylic oxidation sites excluding steroid dienone is 1. The third-order valence-electron chi connectivity index (χ3n) is 2.53. The van der Waals surface area contributed by atoms with Crippen molar-refractivity contribution in [3.05, 3.63) is 39.8 Å². The molecule has 0 aromatic heterocycles. The van der Waals surface area contributed by atoms with Crippen LogP contribution >= 0.6 is 23.2 Å². The van der Waals surface area contributed by atoms with E-state index in [0.29, 0.717) is 5.69 Å². The number of carboxylic acids is 1. The van der Waals surface area contributed by atoms with Crippen molar-refractivity contribution in [1.82, 2.24) is 5.43 Å². The molecule has 0 unspecified atom stereocenters. The Kier molecular flexibility index (Phi) is 7.64. The van der Waals surface area contributed by atoms with Gasteiger partial charge in [0.1, 0.15) is 5.70 Å². The fourth-order valence-corrected chi connectivity index (χ4v) is 1.99. The van der Waals surface area contributed by atoms with Gasteiger partial charge in [-0.3, -0.25) is 10.2 Å². The van der Waals surface area contributed by atoms with Crippen molar-refractivity contribution in [1.29, 1.82) is 0 Å². The van der Waals surface area contributed by atoms with E-state index in [1.165, 1.54) is 18.2 Å². The standard InChI is InChI=1S/C14H15Cl2FN2O4/c1-2-23-14(22)11(4-3-5-12(20)21)19-18-8-6-9(15)13(17)10(16)7-8/h4,6-7,18-19H,2-3,5H2,1H3,(H,20,21)/b11-4+. The van der Waals surface area contributed by atoms with Gasteiger partial charge in [0.25, 0.3) is 0 Å². The summed E-state index contributed by atoms with van der Waals surface area (Å²) >= 11 is 11.3. The number of carbonyl (C=O) groups is 2. The molecule has 1 aromatic carbocycles. The fourth-order valence-electron chi connectivity index (χ4n) is 1.50. The normalized spacial score (nSPS) is 11.0. The van der Waals surface area contributed by atoms with Gasteiger partial charge in [-0.1, -0.05) is 29.3 Å². The van der Waals surface area contributed by atoms with Gasteiger partial charge in [-0.2, -0.15) is 0 Å². The van der Waals surface area contributed by atoms with E-state index < -0.39 is 17.8 Å². The number of rotatable bonds is 8. The van der Waals surface area contributed by atoms with E-state index in [4.69, 9.17) is 33.0 Å². The molecule has 1 rings (SSSR count). The molecule has 0 aliphatic heterocycles. The summed E-state index contributed by atoms with van der Waals surface area (Å²) in [6, 6.07) is 2.55. The number of hydrogen-bond acceptors (Lipinski definition) is 5. The molecule has 23 heavy (non-hydrogen) atoms. The predicted molar refractivity (Wildman–Crippen MR) is 84.8 cm³/mol. The summed E-state index contributed by atoms with van der Waals surface area (Å²) in [5, 5.41) is 8.25. The van der Waals surface area contributed by atoms with Gasteiger partial charge in [-0.25, -0.2) is 9.18 Å². The number of anilines is 1. The molecular formula is C14H15Cl2FN2O4. The van der Waals surface area contributed by atoms with E-state index in [-0.39, 0.29) is 35.2 Å². The molecule has 3 N–H and O–H groups in total. The van der Waals surface area contributed by atoms with Gasteiger partial charge in [-0.15, -0.1) is 0 Å². The van der Waals surface area contributed by atoms with Crippen LogP contribution < -0.4 is 10.9 Å². The molecule has 0 heterocycles. The molecule has 0 saturated carbocycles. The van der Waals surface area contributed by atoms with E-state index in [2.05, 4.69) is 10.9 Å². The van der Waals surface area contributed by atoms with Crippen molar-refractivity contribution in [2.24, 2.45) is 0 Å². The Hall–Kier alpha value is -1.99. The Labute approximate surface area is 142 Å². The Morgan fingerprint density at radius 1 is 1.35 bits per heavy atom. The zero-order valence-electron chi connectivity index (χ0n) is 12.2. The Morgan fingerprint density at radius 3 is 2.48 bits per heavy atom. The molecule has 0 atom stereocenters. The van der Waals surface area contributed by atoms with Crippen LogP contribution in [0.4, 0.5) is 10.1 Å². The highest BCUT2D eigenvalue weighted by Crippen LogP contribution is 2.27. The van der Waals surface area contributed by atoms with E-state index in [1.807, 2.05) is 0 Å². The molecule has 0 aliphatic carbocycles. The van der Waals surface area contributed by atoms with Crippen molar-refractivity contribution >= 4 is 40.8 Å². The minimum absolute atomic E-state index is 0.0182. The largest absolute Gasteiger partial charge is 0.481 e. The average molecular weight is 365 g/mol. The first-order valence-electron chi connectivity index (χ1n) is 6.60. The first-order chi connectivity index (χ1) is 10.8. The number of benzene rings is 1. The van der Waals surface area contributed by atoms with Crippen LogP contribution in [0.25, 0.3) is 0 Å². The van der Waals surface area contributed by atoms with Crippen molar-refractivity contribution in [2.75, 3.05) is 12.0 Å². The molecule has 0 aliphatic rings. The number of carbonyl (C=O) groups excluding carboxylic acids is 1. The van der Waals surface area contributed by atoms with Crippen LogP contribution in [0.3, 0.4) is 0 Å². The summed E-state index contributed by atoms with van der Waals surface area (Å²) in [6.07, 6.45) is 1.37. The van der Waals surface area contributed by atoms with Crippen molar-refractivity contribution in [2.45, 2.75) is 19.8 Å². The quantitative estimate of drug-likeness (QED) is 0.283. The Bertz CT molecular complexity index is 600. The molecule has 9 heteroatoms. The van der Waals surface area contributed by atoms with Crippen molar-refractivity contribution in [3.8, 4) is 0 Å². The number of nitrogens with one attached hydrogen (secondary N) is 2. The molecule has 1 aromatic rings. The van der Waals surface area contributed by atoms with E-state index in [1.54, 1.807) is 6.92 Å². The van der Waals surface area contributed by atoms with Crippen LogP contribution in [-0.2, 0) is 14.3 Å². The highest BCUT2D eigenvalue weighted by molar-refractivity contribution is 6.35. The van der Waals surface area contributed by atoms with Crippen LogP contribution in [0.5, 0.6) is 0 Å². The lowest BCUT2D eigenvalue weighted by molar-refractivity contribution is -0.139. The van der Waals surface area contributed by atoms with Gasteiger partial charge in [-0.05, 0) is 25.5 Å². The number of aliphatic carboxylic acids is 1. The zero-order valence-corrected chi connectivity index (χ0v) is 13.7. The van der Waals surface area contributed by atoms with Crippen LogP contribution in [0.2, 0.25) is 10.0 Å². The highest BCUT2D eigenvalue weighted by Gasteiger charge is 2.12. The molecule has 0 spiro atoms. The van der Waals surface area contributed by atoms with Crippen molar-refractivity contribution < 1.29 is 23.8 Å². The molecule has 0 bridgehead atoms. The molecular weight excluding hydrogens is 350 g/mol. The van der Waals surface area contributed by atoms with Crippen molar-refractivity contribution in [3.63, 3.8) is 0 Å². The third-order valence-corrected chi connectivity index (χ3v) is 3.08. The number of esters is 1. The first-order valence-corrected chi connectivity index (χ1v) is 7.36. The topological polar surface area (TPSA) is 87.7 Å². The molecule has 0 saturated heterocycles. The summed E-state index contributed by atoms with van der Waals surface area (Å²) < 4.78 is 18.2. The minimum Gasteiger partial charge on any atom is -0.481 e. The van der Waals surface area contributed by atoms with Crippen LogP contribution in [-0.4, -0.2) is 23.7 Å². The van der Waals surface area contributed by atoms with Gasteiger partial charge in [0.15, 0.2) is 5.82 Å². The molecule has 6 nitrogen and oxygen atoms in total. The summed E-state index contributed by atoms with van der Waals surface area (Å²) in [5.41, 5.74) is 5.53. The number of ether oxygens (including phenoxy) is 1.